The average molecular weight is 356 g/mol. The molecule has 0 saturated heterocycles. The van der Waals surface area contributed by atoms with Crippen LogP contribution < -0.4 is 10.6 Å². The third kappa shape index (κ3) is 2.09. The van der Waals surface area contributed by atoms with E-state index in [1.165, 1.54) is 11.8 Å². The van der Waals surface area contributed by atoms with Gasteiger partial charge in [-0.15, -0.1) is 0 Å². The van der Waals surface area contributed by atoms with Gasteiger partial charge in [-0.25, -0.2) is 4.79 Å². The van der Waals surface area contributed by atoms with Crippen LogP contribution in [-0.4, -0.2) is 31.3 Å². The second-order valence-electron chi connectivity index (χ2n) is 6.18. The van der Waals surface area contributed by atoms with Gasteiger partial charge in [0.05, 0.1) is 12.2 Å². The molecule has 0 fully saturated rings. The molecule has 2 aliphatic heterocycles. The van der Waals surface area contributed by atoms with Crippen LogP contribution in [0, 0.1) is 0 Å². The van der Waals surface area contributed by atoms with Gasteiger partial charge in [-0.1, -0.05) is 18.2 Å². The highest BCUT2D eigenvalue weighted by Gasteiger charge is 2.62. The lowest BCUT2D eigenvalue weighted by Crippen LogP contribution is -2.49. The molecule has 0 bridgehead atoms. The molecule has 2 aliphatic rings. The predicted octanol–water partition coefficient (Wildman–Crippen LogP) is 1.53. The number of fused-ring (bicyclic) bond motifs is 2. The highest BCUT2D eigenvalue weighted by molar-refractivity contribution is 6.22. The zero-order valence-electron chi connectivity index (χ0n) is 15.1. The topological polar surface area (TPSA) is 98.9 Å². The van der Waals surface area contributed by atoms with Gasteiger partial charge < -0.3 is 20.1 Å². The standard InChI is InChI=1S/C19H20N2O5/c1-5-25-17(23)15-16(20)26-11(3)14(10(2)22)19(15)12-8-6-7-9-13(12)21(4)18(19)24/h6-9H,5,20H2,1-4H3. The summed E-state index contributed by atoms with van der Waals surface area (Å²) < 4.78 is 10.6. The maximum absolute atomic E-state index is 13.5. The van der Waals surface area contributed by atoms with Crippen molar-refractivity contribution in [2.45, 2.75) is 26.2 Å². The Labute approximate surface area is 151 Å². The Hall–Kier alpha value is -3.09. The van der Waals surface area contributed by atoms with Crippen molar-refractivity contribution < 1.29 is 23.9 Å². The first-order valence-corrected chi connectivity index (χ1v) is 8.23. The van der Waals surface area contributed by atoms with E-state index in [1.54, 1.807) is 45.2 Å². The Kier molecular flexibility index (Phi) is 4.10. The number of hydrogen-bond acceptors (Lipinski definition) is 6. The molecule has 0 aliphatic carbocycles. The van der Waals surface area contributed by atoms with E-state index in [0.29, 0.717) is 11.3 Å². The first-order chi connectivity index (χ1) is 12.3. The smallest absolute Gasteiger partial charge is 0.341 e. The van der Waals surface area contributed by atoms with Crippen LogP contribution in [0.25, 0.3) is 0 Å². The molecule has 7 heteroatoms. The van der Waals surface area contributed by atoms with Gasteiger partial charge in [0.2, 0.25) is 11.8 Å². The first kappa shape index (κ1) is 17.7. The number of carbonyl (C=O) groups excluding carboxylic acids is 3. The summed E-state index contributed by atoms with van der Waals surface area (Å²) in [6.45, 7) is 4.63. The molecule has 1 spiro atoms. The molecular weight excluding hydrogens is 336 g/mol. The molecule has 136 valence electrons. The number of likely N-dealkylation sites (N-methyl/N-ethyl adjacent to an activating group) is 1. The summed E-state index contributed by atoms with van der Waals surface area (Å²) in [6, 6.07) is 6.99. The van der Waals surface area contributed by atoms with Crippen LogP contribution >= 0.6 is 0 Å². The van der Waals surface area contributed by atoms with E-state index >= 15 is 0 Å². The van der Waals surface area contributed by atoms with Crippen LogP contribution in [0.15, 0.2) is 47.1 Å². The molecule has 0 radical (unpaired) electrons. The minimum Gasteiger partial charge on any atom is -0.462 e. The molecule has 0 saturated carbocycles. The number of para-hydroxylation sites is 1. The van der Waals surface area contributed by atoms with Crippen molar-refractivity contribution in [2.75, 3.05) is 18.6 Å². The number of benzene rings is 1. The van der Waals surface area contributed by atoms with Gasteiger partial charge in [-0.05, 0) is 26.8 Å². The summed E-state index contributed by atoms with van der Waals surface area (Å²) in [5.74, 6) is -1.64. The third-order valence-electron chi connectivity index (χ3n) is 4.74. The number of esters is 1. The normalized spacial score (nSPS) is 21.8. The molecule has 0 aromatic heterocycles. The van der Waals surface area contributed by atoms with Crippen LogP contribution in [-0.2, 0) is 29.3 Å². The quantitative estimate of drug-likeness (QED) is 0.825. The van der Waals surface area contributed by atoms with E-state index in [1.807, 2.05) is 0 Å². The molecule has 2 N–H and O–H groups in total. The van der Waals surface area contributed by atoms with Gasteiger partial charge in [0.25, 0.3) is 0 Å². The number of ketones is 1. The SMILES string of the molecule is CCOC(=O)C1=C(N)OC(C)=C(C(C)=O)C12C(=O)N(C)c1ccccc12. The molecule has 26 heavy (non-hydrogen) atoms. The monoisotopic (exact) mass is 356 g/mol. The molecule has 7 nitrogen and oxygen atoms in total. The molecule has 1 atom stereocenters. The summed E-state index contributed by atoms with van der Waals surface area (Å²) >= 11 is 0. The Morgan fingerprint density at radius 2 is 1.92 bits per heavy atom. The van der Waals surface area contributed by atoms with E-state index in [-0.39, 0.29) is 35.2 Å². The minimum atomic E-state index is -1.67. The molecule has 1 aromatic carbocycles. The molecular formula is C19H20N2O5. The number of amides is 1. The van der Waals surface area contributed by atoms with Gasteiger partial charge in [0, 0.05) is 18.3 Å². The van der Waals surface area contributed by atoms with Crippen molar-refractivity contribution in [1.82, 2.24) is 0 Å². The highest BCUT2D eigenvalue weighted by atomic mass is 16.5. The van der Waals surface area contributed by atoms with Crippen LogP contribution in [0.4, 0.5) is 5.69 Å². The molecule has 1 unspecified atom stereocenters. The van der Waals surface area contributed by atoms with Crippen LogP contribution in [0.2, 0.25) is 0 Å². The van der Waals surface area contributed by atoms with E-state index in [4.69, 9.17) is 15.2 Å². The van der Waals surface area contributed by atoms with E-state index in [2.05, 4.69) is 0 Å². The Morgan fingerprint density at radius 3 is 2.54 bits per heavy atom. The van der Waals surface area contributed by atoms with Gasteiger partial charge >= 0.3 is 5.97 Å². The van der Waals surface area contributed by atoms with Crippen molar-refractivity contribution in [3.63, 3.8) is 0 Å². The number of rotatable bonds is 3. The number of nitrogens with zero attached hydrogens (tertiary/aromatic N) is 1. The maximum atomic E-state index is 13.5. The van der Waals surface area contributed by atoms with Gasteiger partial charge in [-0.2, -0.15) is 0 Å². The van der Waals surface area contributed by atoms with Crippen LogP contribution in [0.3, 0.4) is 0 Å². The van der Waals surface area contributed by atoms with Crippen LogP contribution in [0.5, 0.6) is 0 Å². The van der Waals surface area contributed by atoms with Crippen molar-refractivity contribution in [2.24, 2.45) is 5.73 Å². The van der Waals surface area contributed by atoms with Crippen molar-refractivity contribution in [3.8, 4) is 0 Å². The van der Waals surface area contributed by atoms with Crippen molar-refractivity contribution in [1.29, 1.82) is 0 Å². The Balaban J connectivity index is 2.45. The van der Waals surface area contributed by atoms with Crippen LogP contribution in [0.1, 0.15) is 26.3 Å². The van der Waals surface area contributed by atoms with Gasteiger partial charge in [-0.3, -0.25) is 9.59 Å². The molecule has 3 rings (SSSR count). The molecule has 2 heterocycles. The second kappa shape index (κ2) is 6.01. The molecule has 1 aromatic rings. The number of anilines is 1. The van der Waals surface area contributed by atoms with Crippen molar-refractivity contribution in [3.05, 3.63) is 52.6 Å². The summed E-state index contributed by atoms with van der Waals surface area (Å²) in [5.41, 5.74) is 5.39. The third-order valence-corrected chi connectivity index (χ3v) is 4.74. The van der Waals surface area contributed by atoms with E-state index < -0.39 is 17.3 Å². The number of nitrogens with two attached hydrogens (primary N) is 1. The number of Topliss-reactive ketones (excluding diaryl/α,β-unsaturated/α-hetero) is 1. The highest BCUT2D eigenvalue weighted by Crippen LogP contribution is 2.53. The number of carbonyl (C=O) groups is 3. The summed E-state index contributed by atoms with van der Waals surface area (Å²) in [4.78, 5) is 40.2. The number of allylic oxidation sites excluding steroid dienone is 1. The Morgan fingerprint density at radius 1 is 1.27 bits per heavy atom. The van der Waals surface area contributed by atoms with E-state index in [9.17, 15) is 14.4 Å². The summed E-state index contributed by atoms with van der Waals surface area (Å²) in [7, 11) is 1.59. The first-order valence-electron chi connectivity index (χ1n) is 8.23. The maximum Gasteiger partial charge on any atom is 0.341 e. The fraction of sp³-hybridized carbons (Fsp3) is 0.316. The fourth-order valence-corrected chi connectivity index (χ4v) is 3.85. The average Bonchev–Trinajstić information content (AvgIpc) is 2.78. The van der Waals surface area contributed by atoms with Crippen molar-refractivity contribution >= 4 is 23.3 Å². The van der Waals surface area contributed by atoms with E-state index in [0.717, 1.165) is 0 Å². The predicted molar refractivity (Wildman–Crippen MR) is 93.8 cm³/mol. The lowest BCUT2D eigenvalue weighted by Gasteiger charge is -2.36. The number of ether oxygens (including phenoxy) is 2. The summed E-state index contributed by atoms with van der Waals surface area (Å²) in [6.07, 6.45) is 0. The largest absolute Gasteiger partial charge is 0.462 e. The minimum absolute atomic E-state index is 0.0927. The van der Waals surface area contributed by atoms with Gasteiger partial charge in [0.15, 0.2) is 5.78 Å². The Bertz CT molecular complexity index is 899. The number of hydrogen-bond donors (Lipinski definition) is 1. The zero-order chi connectivity index (χ0) is 19.2. The fourth-order valence-electron chi connectivity index (χ4n) is 3.85. The second-order valence-corrected chi connectivity index (χ2v) is 6.18. The van der Waals surface area contributed by atoms with Gasteiger partial charge in [0.1, 0.15) is 16.7 Å². The lowest BCUT2D eigenvalue weighted by atomic mass is 9.66. The lowest BCUT2D eigenvalue weighted by molar-refractivity contribution is -0.141. The zero-order valence-corrected chi connectivity index (χ0v) is 15.1. The summed E-state index contributed by atoms with van der Waals surface area (Å²) in [5, 5.41) is 0. The molecule has 1 amide bonds.